The second kappa shape index (κ2) is 13.3. The minimum Gasteiger partial charge on any atom is -0.374 e. The van der Waals surface area contributed by atoms with E-state index in [4.69, 9.17) is 4.74 Å². The number of hydrogen-bond acceptors (Lipinski definition) is 6. The number of ether oxygens (including phenoxy) is 1. The third-order valence-corrected chi connectivity index (χ3v) is 6.49. The summed E-state index contributed by atoms with van der Waals surface area (Å²) in [6, 6.07) is 0. The first kappa shape index (κ1) is 24.4. The van der Waals surface area contributed by atoms with Gasteiger partial charge in [0.15, 0.2) is 5.82 Å². The molecule has 2 fully saturated rings. The molecule has 2 bridgehead atoms. The molecule has 2 aliphatic heterocycles. The van der Waals surface area contributed by atoms with Gasteiger partial charge in [0.1, 0.15) is 0 Å². The standard InChI is InChI=1S/C23H38N6O3/c1-2-3-4-7-10-15-24-21(30)16-25-23(31)22-17(18-13-14-19(22)32-18)11-8-5-6-9-12-20-26-28-29-27-20/h5,8,17-19,22H,2-4,6-7,9-16H2,1H3,(H,24,30)(H,25,31)(H,26,27,28,29)/t17-,18+,19-,22-/m0/s1. The summed E-state index contributed by atoms with van der Waals surface area (Å²) in [5, 5.41) is 19.7. The van der Waals surface area contributed by atoms with Crippen molar-refractivity contribution < 1.29 is 14.3 Å². The molecule has 0 radical (unpaired) electrons. The first-order chi connectivity index (χ1) is 15.7. The first-order valence-corrected chi connectivity index (χ1v) is 12.3. The molecule has 32 heavy (non-hydrogen) atoms. The minimum atomic E-state index is -0.167. The molecule has 2 saturated heterocycles. The Bertz CT molecular complexity index is 723. The van der Waals surface area contributed by atoms with E-state index in [1.807, 2.05) is 0 Å². The van der Waals surface area contributed by atoms with E-state index >= 15 is 0 Å². The van der Waals surface area contributed by atoms with Crippen LogP contribution < -0.4 is 10.6 Å². The zero-order chi connectivity index (χ0) is 22.6. The average Bonchev–Trinajstić information content (AvgIpc) is 3.55. The lowest BCUT2D eigenvalue weighted by molar-refractivity contribution is -0.130. The first-order valence-electron chi connectivity index (χ1n) is 12.3. The molecule has 9 heteroatoms. The summed E-state index contributed by atoms with van der Waals surface area (Å²) in [7, 11) is 0. The Morgan fingerprint density at radius 3 is 2.75 bits per heavy atom. The Morgan fingerprint density at radius 1 is 1.09 bits per heavy atom. The number of tetrazole rings is 1. The van der Waals surface area contributed by atoms with Crippen molar-refractivity contribution >= 4 is 11.8 Å². The van der Waals surface area contributed by atoms with Gasteiger partial charge in [0.25, 0.3) is 0 Å². The van der Waals surface area contributed by atoms with Gasteiger partial charge in [-0.3, -0.25) is 9.59 Å². The Kier molecular flexibility index (Phi) is 10.1. The van der Waals surface area contributed by atoms with Gasteiger partial charge in [0.2, 0.25) is 11.8 Å². The normalized spacial score (nSPS) is 24.3. The predicted octanol–water partition coefficient (Wildman–Crippen LogP) is 2.47. The van der Waals surface area contributed by atoms with E-state index in [9.17, 15) is 9.59 Å². The SMILES string of the molecule is CCCCCCCNC(=O)CNC(=O)[C@H]1[C@@H](CC=CCCCc2nn[nH]n2)[C@H]2CC[C@@H]1O2. The van der Waals surface area contributed by atoms with Gasteiger partial charge >= 0.3 is 0 Å². The highest BCUT2D eigenvalue weighted by molar-refractivity contribution is 5.86. The zero-order valence-electron chi connectivity index (χ0n) is 19.2. The number of carbonyl (C=O) groups excluding carboxylic acids is 2. The van der Waals surface area contributed by atoms with Gasteiger partial charge in [-0.25, -0.2) is 0 Å². The fourth-order valence-corrected chi connectivity index (χ4v) is 4.78. The molecule has 9 nitrogen and oxygen atoms in total. The smallest absolute Gasteiger partial charge is 0.239 e. The number of hydrogen-bond donors (Lipinski definition) is 3. The highest BCUT2D eigenvalue weighted by atomic mass is 16.5. The predicted molar refractivity (Wildman–Crippen MR) is 121 cm³/mol. The lowest BCUT2D eigenvalue weighted by Gasteiger charge is -2.26. The summed E-state index contributed by atoms with van der Waals surface area (Å²) in [6.45, 7) is 2.91. The molecule has 3 heterocycles. The molecule has 1 aromatic heterocycles. The fourth-order valence-electron chi connectivity index (χ4n) is 4.78. The molecule has 1 aromatic rings. The van der Waals surface area contributed by atoms with Crippen molar-refractivity contribution in [1.82, 2.24) is 31.3 Å². The largest absolute Gasteiger partial charge is 0.374 e. The van der Waals surface area contributed by atoms with Gasteiger partial charge in [0.05, 0.1) is 24.7 Å². The number of aryl methyl sites for hydroxylation is 1. The molecule has 0 unspecified atom stereocenters. The number of nitrogens with one attached hydrogen (secondary N) is 3. The van der Waals surface area contributed by atoms with E-state index in [1.165, 1.54) is 19.3 Å². The van der Waals surface area contributed by atoms with Gasteiger partial charge in [0, 0.05) is 18.9 Å². The zero-order valence-corrected chi connectivity index (χ0v) is 19.2. The summed E-state index contributed by atoms with van der Waals surface area (Å²) in [5.41, 5.74) is 0. The molecule has 0 aromatic carbocycles. The molecule has 178 valence electrons. The maximum atomic E-state index is 12.8. The summed E-state index contributed by atoms with van der Waals surface area (Å²) >= 11 is 0. The Balaban J connectivity index is 1.34. The van der Waals surface area contributed by atoms with Crippen LogP contribution >= 0.6 is 0 Å². The van der Waals surface area contributed by atoms with Crippen LogP contribution in [0.4, 0.5) is 0 Å². The average molecular weight is 447 g/mol. The number of allylic oxidation sites excluding steroid dienone is 2. The summed E-state index contributed by atoms with van der Waals surface area (Å²) in [6.07, 6.45) is 15.7. The molecule has 3 N–H and O–H groups in total. The molecule has 0 spiro atoms. The van der Waals surface area contributed by atoms with E-state index in [-0.39, 0.29) is 42.4 Å². The van der Waals surface area contributed by atoms with Crippen molar-refractivity contribution in [3.63, 3.8) is 0 Å². The number of fused-ring (bicyclic) bond motifs is 2. The number of amides is 2. The van der Waals surface area contributed by atoms with Crippen LogP contribution in [0.2, 0.25) is 0 Å². The molecular formula is C23H38N6O3. The van der Waals surface area contributed by atoms with Crippen LogP contribution in [0.25, 0.3) is 0 Å². The maximum absolute atomic E-state index is 12.8. The fraction of sp³-hybridized carbons (Fsp3) is 0.783. The molecule has 4 atom stereocenters. The third kappa shape index (κ3) is 7.39. The number of carbonyl (C=O) groups is 2. The van der Waals surface area contributed by atoms with Crippen LogP contribution in [0, 0.1) is 11.8 Å². The quantitative estimate of drug-likeness (QED) is 0.281. The number of aromatic amines is 1. The van der Waals surface area contributed by atoms with Gasteiger partial charge in [-0.2, -0.15) is 5.21 Å². The second-order valence-electron chi connectivity index (χ2n) is 8.89. The van der Waals surface area contributed by atoms with Crippen LogP contribution in [0.1, 0.15) is 77.0 Å². The second-order valence-corrected chi connectivity index (χ2v) is 8.89. The monoisotopic (exact) mass is 446 g/mol. The van der Waals surface area contributed by atoms with Crippen molar-refractivity contribution in [2.45, 2.75) is 89.8 Å². The lowest BCUT2D eigenvalue weighted by Crippen LogP contribution is -2.44. The van der Waals surface area contributed by atoms with E-state index in [0.29, 0.717) is 6.54 Å². The molecule has 2 amide bonds. The Morgan fingerprint density at radius 2 is 1.94 bits per heavy atom. The highest BCUT2D eigenvalue weighted by Gasteiger charge is 2.51. The van der Waals surface area contributed by atoms with Crippen molar-refractivity contribution in [3.8, 4) is 0 Å². The maximum Gasteiger partial charge on any atom is 0.239 e. The summed E-state index contributed by atoms with van der Waals surface area (Å²) < 4.78 is 6.04. The van der Waals surface area contributed by atoms with Gasteiger partial charge in [-0.1, -0.05) is 50.0 Å². The summed E-state index contributed by atoms with van der Waals surface area (Å²) in [4.78, 5) is 24.9. The van der Waals surface area contributed by atoms with Gasteiger partial charge in [-0.15, -0.1) is 10.2 Å². The Hall–Kier alpha value is -2.29. The van der Waals surface area contributed by atoms with Crippen LogP contribution in [0.15, 0.2) is 12.2 Å². The summed E-state index contributed by atoms with van der Waals surface area (Å²) in [5.74, 6) is 0.586. The molecular weight excluding hydrogens is 408 g/mol. The number of nitrogens with zero attached hydrogens (tertiary/aromatic N) is 3. The van der Waals surface area contributed by atoms with E-state index < -0.39 is 0 Å². The highest BCUT2D eigenvalue weighted by Crippen LogP contribution is 2.45. The van der Waals surface area contributed by atoms with Gasteiger partial charge < -0.3 is 15.4 Å². The Labute approximate surface area is 190 Å². The molecule has 3 rings (SSSR count). The molecule has 2 aliphatic rings. The van der Waals surface area contributed by atoms with Crippen LogP contribution in [0.3, 0.4) is 0 Å². The van der Waals surface area contributed by atoms with Crippen molar-refractivity contribution in [1.29, 1.82) is 0 Å². The van der Waals surface area contributed by atoms with Crippen molar-refractivity contribution in [3.05, 3.63) is 18.0 Å². The van der Waals surface area contributed by atoms with E-state index in [1.54, 1.807) is 0 Å². The van der Waals surface area contributed by atoms with Crippen molar-refractivity contribution in [2.75, 3.05) is 13.1 Å². The topological polar surface area (TPSA) is 122 Å². The number of H-pyrrole nitrogens is 1. The van der Waals surface area contributed by atoms with E-state index in [2.05, 4.69) is 50.3 Å². The number of rotatable bonds is 15. The van der Waals surface area contributed by atoms with Crippen LogP contribution in [-0.2, 0) is 20.7 Å². The lowest BCUT2D eigenvalue weighted by atomic mass is 9.77. The van der Waals surface area contributed by atoms with Crippen molar-refractivity contribution in [2.24, 2.45) is 11.8 Å². The van der Waals surface area contributed by atoms with Crippen LogP contribution in [0.5, 0.6) is 0 Å². The molecule has 0 saturated carbocycles. The third-order valence-electron chi connectivity index (χ3n) is 6.49. The van der Waals surface area contributed by atoms with Gasteiger partial charge in [-0.05, 0) is 38.5 Å². The van der Waals surface area contributed by atoms with E-state index in [0.717, 1.165) is 57.2 Å². The van der Waals surface area contributed by atoms with Crippen LogP contribution in [-0.4, -0.2) is 57.7 Å². The minimum absolute atomic E-state index is 0.0155. The number of aromatic nitrogens is 4. The number of unbranched alkanes of at least 4 members (excludes halogenated alkanes) is 5. The molecule has 0 aliphatic carbocycles.